The molecule has 5 nitrogen and oxygen atoms in total. The van der Waals surface area contributed by atoms with Gasteiger partial charge in [0.1, 0.15) is 0 Å². The second kappa shape index (κ2) is 4.38. The standard InChI is InChI=1S/C12H18N2O3/c15-11-7-14(8-12(16)17-11)10-3-5-13-4-1-2-9(13)6-10/h9-10H,1-8H2. The summed E-state index contributed by atoms with van der Waals surface area (Å²) in [6, 6.07) is 1.05. The Morgan fingerprint density at radius 1 is 0.941 bits per heavy atom. The summed E-state index contributed by atoms with van der Waals surface area (Å²) in [4.78, 5) is 27.1. The number of hydrogen-bond donors (Lipinski definition) is 0. The van der Waals surface area contributed by atoms with Crippen LogP contribution in [-0.2, 0) is 14.3 Å². The van der Waals surface area contributed by atoms with Crippen LogP contribution in [0.1, 0.15) is 25.7 Å². The van der Waals surface area contributed by atoms with Crippen LogP contribution >= 0.6 is 0 Å². The van der Waals surface area contributed by atoms with E-state index in [0.29, 0.717) is 12.1 Å². The van der Waals surface area contributed by atoms with Crippen LogP contribution in [0.15, 0.2) is 0 Å². The summed E-state index contributed by atoms with van der Waals surface area (Å²) in [5.41, 5.74) is 0. The Bertz CT molecular complexity index is 329. The quantitative estimate of drug-likeness (QED) is 0.475. The molecule has 17 heavy (non-hydrogen) atoms. The molecule has 0 aromatic carbocycles. The molecule has 3 aliphatic heterocycles. The van der Waals surface area contributed by atoms with Crippen molar-refractivity contribution < 1.29 is 14.3 Å². The Labute approximate surface area is 101 Å². The lowest BCUT2D eigenvalue weighted by Crippen LogP contribution is -2.53. The molecule has 5 heteroatoms. The first-order valence-electron chi connectivity index (χ1n) is 6.44. The normalized spacial score (nSPS) is 35.8. The summed E-state index contributed by atoms with van der Waals surface area (Å²) in [5.74, 6) is -0.787. The third-order valence-electron chi connectivity index (χ3n) is 4.20. The molecule has 0 aromatic rings. The van der Waals surface area contributed by atoms with E-state index in [-0.39, 0.29) is 13.1 Å². The minimum Gasteiger partial charge on any atom is -0.391 e. The number of ether oxygens (including phenoxy) is 1. The maximum Gasteiger partial charge on any atom is 0.327 e. The molecule has 3 heterocycles. The highest BCUT2D eigenvalue weighted by atomic mass is 16.6. The highest BCUT2D eigenvalue weighted by Crippen LogP contribution is 2.29. The number of fused-ring (bicyclic) bond motifs is 1. The molecule has 0 aromatic heterocycles. The van der Waals surface area contributed by atoms with Gasteiger partial charge in [-0.15, -0.1) is 0 Å². The van der Waals surface area contributed by atoms with Gasteiger partial charge in [0, 0.05) is 12.1 Å². The topological polar surface area (TPSA) is 49.9 Å². The van der Waals surface area contributed by atoms with Crippen molar-refractivity contribution in [2.24, 2.45) is 0 Å². The first-order chi connectivity index (χ1) is 8.22. The van der Waals surface area contributed by atoms with Gasteiger partial charge in [-0.1, -0.05) is 0 Å². The summed E-state index contributed by atoms with van der Waals surface area (Å²) in [6.45, 7) is 2.89. The number of piperidine rings is 1. The van der Waals surface area contributed by atoms with Gasteiger partial charge >= 0.3 is 11.9 Å². The van der Waals surface area contributed by atoms with Crippen molar-refractivity contribution in [3.05, 3.63) is 0 Å². The van der Waals surface area contributed by atoms with Crippen LogP contribution in [0.2, 0.25) is 0 Å². The van der Waals surface area contributed by atoms with E-state index in [1.54, 1.807) is 0 Å². The number of cyclic esters (lactones) is 2. The maximum absolute atomic E-state index is 11.3. The average molecular weight is 238 g/mol. The summed E-state index contributed by atoms with van der Waals surface area (Å²) in [7, 11) is 0. The zero-order chi connectivity index (χ0) is 11.8. The maximum atomic E-state index is 11.3. The van der Waals surface area contributed by atoms with Crippen LogP contribution in [-0.4, -0.2) is 60.0 Å². The van der Waals surface area contributed by atoms with E-state index in [9.17, 15) is 9.59 Å². The van der Waals surface area contributed by atoms with Gasteiger partial charge in [-0.05, 0) is 38.8 Å². The number of morpholine rings is 1. The summed E-state index contributed by atoms with van der Waals surface area (Å²) < 4.78 is 4.56. The Hall–Kier alpha value is -0.940. The molecule has 0 aliphatic carbocycles. The molecule has 3 saturated heterocycles. The summed E-state index contributed by atoms with van der Waals surface area (Å²) in [6.07, 6.45) is 4.72. The minimum atomic E-state index is -0.393. The highest BCUT2D eigenvalue weighted by Gasteiger charge is 2.37. The fourth-order valence-electron chi connectivity index (χ4n) is 3.37. The van der Waals surface area contributed by atoms with Crippen molar-refractivity contribution in [2.45, 2.75) is 37.8 Å². The second-order valence-electron chi connectivity index (χ2n) is 5.26. The zero-order valence-electron chi connectivity index (χ0n) is 9.93. The van der Waals surface area contributed by atoms with Crippen molar-refractivity contribution >= 4 is 11.9 Å². The molecular weight excluding hydrogens is 220 g/mol. The van der Waals surface area contributed by atoms with Gasteiger partial charge in [-0.25, -0.2) is 0 Å². The molecule has 0 saturated carbocycles. The smallest absolute Gasteiger partial charge is 0.327 e. The fraction of sp³-hybridized carbons (Fsp3) is 0.833. The molecule has 3 aliphatic rings. The highest BCUT2D eigenvalue weighted by molar-refractivity contribution is 5.90. The van der Waals surface area contributed by atoms with Gasteiger partial charge < -0.3 is 9.64 Å². The third-order valence-corrected chi connectivity index (χ3v) is 4.20. The number of carbonyl (C=O) groups is 2. The van der Waals surface area contributed by atoms with Crippen molar-refractivity contribution in [1.29, 1.82) is 0 Å². The van der Waals surface area contributed by atoms with Crippen molar-refractivity contribution in [3.8, 4) is 0 Å². The molecule has 0 bridgehead atoms. The molecule has 3 fully saturated rings. The molecule has 2 unspecified atom stereocenters. The predicted octanol–water partition coefficient (Wildman–Crippen LogP) is -0.00140. The molecule has 0 radical (unpaired) electrons. The predicted molar refractivity (Wildman–Crippen MR) is 60.3 cm³/mol. The van der Waals surface area contributed by atoms with Gasteiger partial charge in [0.05, 0.1) is 13.1 Å². The van der Waals surface area contributed by atoms with Crippen LogP contribution in [0.5, 0.6) is 0 Å². The van der Waals surface area contributed by atoms with Crippen LogP contribution in [0.3, 0.4) is 0 Å². The number of carbonyl (C=O) groups excluding carboxylic acids is 2. The van der Waals surface area contributed by atoms with E-state index in [1.807, 2.05) is 4.90 Å². The Morgan fingerprint density at radius 3 is 2.41 bits per heavy atom. The van der Waals surface area contributed by atoms with E-state index < -0.39 is 11.9 Å². The first kappa shape index (κ1) is 11.2. The molecule has 0 N–H and O–H groups in total. The van der Waals surface area contributed by atoms with E-state index >= 15 is 0 Å². The number of hydrogen-bond acceptors (Lipinski definition) is 5. The lowest BCUT2D eigenvalue weighted by atomic mass is 9.96. The van der Waals surface area contributed by atoms with Gasteiger partial charge in [-0.2, -0.15) is 0 Å². The summed E-state index contributed by atoms with van der Waals surface area (Å²) >= 11 is 0. The van der Waals surface area contributed by atoms with Crippen LogP contribution in [0, 0.1) is 0 Å². The first-order valence-corrected chi connectivity index (χ1v) is 6.44. The lowest BCUT2D eigenvalue weighted by Gasteiger charge is -2.40. The van der Waals surface area contributed by atoms with Gasteiger partial charge in [0.15, 0.2) is 0 Å². The fourth-order valence-corrected chi connectivity index (χ4v) is 3.37. The van der Waals surface area contributed by atoms with E-state index in [4.69, 9.17) is 0 Å². The molecule has 2 atom stereocenters. The largest absolute Gasteiger partial charge is 0.391 e. The van der Waals surface area contributed by atoms with Crippen LogP contribution in [0.4, 0.5) is 0 Å². The second-order valence-corrected chi connectivity index (χ2v) is 5.26. The van der Waals surface area contributed by atoms with Crippen LogP contribution in [0.25, 0.3) is 0 Å². The van der Waals surface area contributed by atoms with Crippen LogP contribution < -0.4 is 0 Å². The number of rotatable bonds is 1. The summed E-state index contributed by atoms with van der Waals surface area (Å²) in [5, 5.41) is 0. The SMILES string of the molecule is O=C1CN(C2CCN3CCCC3C2)CC(=O)O1. The average Bonchev–Trinajstić information content (AvgIpc) is 2.74. The van der Waals surface area contributed by atoms with Gasteiger partial charge in [-0.3, -0.25) is 14.5 Å². The molecule has 0 spiro atoms. The Balaban J connectivity index is 1.64. The van der Waals surface area contributed by atoms with E-state index in [2.05, 4.69) is 9.64 Å². The Kier molecular flexibility index (Phi) is 2.88. The van der Waals surface area contributed by atoms with Gasteiger partial charge in [0.2, 0.25) is 0 Å². The molecule has 0 amide bonds. The van der Waals surface area contributed by atoms with Crippen molar-refractivity contribution in [3.63, 3.8) is 0 Å². The Morgan fingerprint density at radius 2 is 1.65 bits per heavy atom. The van der Waals surface area contributed by atoms with Crippen molar-refractivity contribution in [2.75, 3.05) is 26.2 Å². The van der Waals surface area contributed by atoms with E-state index in [0.717, 1.165) is 19.4 Å². The van der Waals surface area contributed by atoms with Crippen molar-refractivity contribution in [1.82, 2.24) is 9.80 Å². The molecular formula is C12H18N2O3. The zero-order valence-corrected chi connectivity index (χ0v) is 9.93. The van der Waals surface area contributed by atoms with E-state index in [1.165, 1.54) is 19.4 Å². The van der Waals surface area contributed by atoms with Gasteiger partial charge in [0.25, 0.3) is 0 Å². The minimum absolute atomic E-state index is 0.281. The monoisotopic (exact) mass is 238 g/mol. The molecule has 94 valence electrons. The molecule has 3 rings (SSSR count). The lowest BCUT2D eigenvalue weighted by molar-refractivity contribution is -0.168. The number of esters is 2. The number of nitrogens with zero attached hydrogens (tertiary/aromatic N) is 2. The third kappa shape index (κ3) is 2.21.